The first-order valence-electron chi connectivity index (χ1n) is 5.94. The van der Waals surface area contributed by atoms with Gasteiger partial charge in [-0.1, -0.05) is 23.8 Å². The lowest BCUT2D eigenvalue weighted by atomic mass is 9.99. The normalized spacial score (nSPS) is 11.7. The summed E-state index contributed by atoms with van der Waals surface area (Å²) in [6.07, 6.45) is 4.97. The first-order chi connectivity index (χ1) is 8.42. The second-order valence-corrected chi connectivity index (χ2v) is 4.78. The molecule has 0 radical (unpaired) electrons. The summed E-state index contributed by atoms with van der Waals surface area (Å²) in [5.41, 5.74) is 4.59. The van der Waals surface area contributed by atoms with E-state index < -0.39 is 0 Å². The van der Waals surface area contributed by atoms with Crippen LogP contribution in [0, 0.1) is 5.41 Å². The molecule has 0 aliphatic carbocycles. The Morgan fingerprint density at radius 1 is 1.33 bits per heavy atom. The highest BCUT2D eigenvalue weighted by molar-refractivity contribution is 7.83. The quantitative estimate of drug-likeness (QED) is 0.276. The predicted octanol–water partition coefficient (Wildman–Crippen LogP) is 4.06. The van der Waals surface area contributed by atoms with Crippen LogP contribution in [0.15, 0.2) is 46.4 Å². The summed E-state index contributed by atoms with van der Waals surface area (Å²) in [4.78, 5) is 0. The molecule has 0 spiro atoms. The number of hydrogen-bond donors (Lipinski definition) is 3. The molecule has 0 heterocycles. The molecule has 0 saturated heterocycles. The number of allylic oxidation sites excluding steroid dienone is 5. The molecule has 0 fully saturated rings. The van der Waals surface area contributed by atoms with Gasteiger partial charge in [-0.15, -0.1) is 0 Å². The molecular weight excluding hydrogens is 242 g/mol. The van der Waals surface area contributed by atoms with E-state index in [1.54, 1.807) is 5.41 Å². The Kier molecular flexibility index (Phi) is 8.42. The highest BCUT2D eigenvalue weighted by Crippen LogP contribution is 2.14. The van der Waals surface area contributed by atoms with E-state index in [4.69, 9.17) is 10.5 Å². The highest BCUT2D eigenvalue weighted by atomic mass is 32.1. The lowest BCUT2D eigenvalue weighted by molar-refractivity contribution is 0.299. The molecular formula is C15H23NOS. The van der Waals surface area contributed by atoms with E-state index in [2.05, 4.69) is 19.2 Å². The summed E-state index contributed by atoms with van der Waals surface area (Å²) < 4.78 is 0. The van der Waals surface area contributed by atoms with Crippen molar-refractivity contribution in [2.75, 3.05) is 6.61 Å². The number of hydrogen-bond acceptors (Lipinski definition) is 3. The fourth-order valence-electron chi connectivity index (χ4n) is 1.40. The average molecular weight is 265 g/mol. The molecule has 0 saturated carbocycles. The van der Waals surface area contributed by atoms with E-state index in [-0.39, 0.29) is 6.61 Å². The van der Waals surface area contributed by atoms with Gasteiger partial charge in [0.1, 0.15) is 0 Å². The van der Waals surface area contributed by atoms with Crippen molar-refractivity contribution in [2.45, 2.75) is 33.6 Å². The zero-order chi connectivity index (χ0) is 14.1. The van der Waals surface area contributed by atoms with Gasteiger partial charge in [-0.05, 0) is 49.8 Å². The van der Waals surface area contributed by atoms with Crippen molar-refractivity contribution < 1.29 is 5.11 Å². The second kappa shape index (κ2) is 8.95. The third kappa shape index (κ3) is 6.62. The van der Waals surface area contributed by atoms with Gasteiger partial charge in [-0.25, -0.2) is 0 Å². The van der Waals surface area contributed by atoms with Crippen LogP contribution in [-0.4, -0.2) is 17.4 Å². The lowest BCUT2D eigenvalue weighted by Gasteiger charge is -2.07. The van der Waals surface area contributed by atoms with Gasteiger partial charge in [-0.3, -0.25) is 0 Å². The van der Waals surface area contributed by atoms with Crippen LogP contribution in [0.3, 0.4) is 0 Å². The zero-order valence-electron chi connectivity index (χ0n) is 11.5. The Labute approximate surface area is 116 Å². The molecule has 0 aromatic rings. The van der Waals surface area contributed by atoms with Crippen molar-refractivity contribution in [3.63, 3.8) is 0 Å². The molecule has 2 nitrogen and oxygen atoms in total. The maximum Gasteiger partial charge on any atom is 0.0468 e. The summed E-state index contributed by atoms with van der Waals surface area (Å²) in [5.74, 6) is 0. The largest absolute Gasteiger partial charge is 0.396 e. The lowest BCUT2D eigenvalue weighted by Crippen LogP contribution is -2.01. The van der Waals surface area contributed by atoms with Crippen molar-refractivity contribution >= 4 is 18.3 Å². The van der Waals surface area contributed by atoms with E-state index in [9.17, 15) is 0 Å². The van der Waals surface area contributed by atoms with Gasteiger partial charge in [-0.2, -0.15) is 12.6 Å². The van der Waals surface area contributed by atoms with Crippen LogP contribution in [0.25, 0.3) is 0 Å². The van der Waals surface area contributed by atoms with Crippen LogP contribution in [0.4, 0.5) is 0 Å². The average Bonchev–Trinajstić information content (AvgIpc) is 2.28. The van der Waals surface area contributed by atoms with Crippen molar-refractivity contribution in [3.8, 4) is 0 Å². The minimum Gasteiger partial charge on any atom is -0.396 e. The van der Waals surface area contributed by atoms with Gasteiger partial charge in [0.15, 0.2) is 0 Å². The van der Waals surface area contributed by atoms with Crippen molar-refractivity contribution in [3.05, 3.63) is 46.4 Å². The summed E-state index contributed by atoms with van der Waals surface area (Å²) in [7, 11) is 0. The summed E-state index contributed by atoms with van der Waals surface area (Å²) in [6, 6.07) is 0. The number of thiol groups is 1. The maximum atomic E-state index is 8.81. The Morgan fingerprint density at radius 2 is 1.94 bits per heavy atom. The molecule has 0 aromatic carbocycles. The van der Waals surface area contributed by atoms with E-state index in [1.165, 1.54) is 5.57 Å². The van der Waals surface area contributed by atoms with Gasteiger partial charge < -0.3 is 10.5 Å². The van der Waals surface area contributed by atoms with Gasteiger partial charge >= 0.3 is 0 Å². The van der Waals surface area contributed by atoms with Crippen LogP contribution in [-0.2, 0) is 0 Å². The molecule has 0 unspecified atom stereocenters. The van der Waals surface area contributed by atoms with Crippen LogP contribution < -0.4 is 0 Å². The molecule has 0 aliphatic rings. The Hall–Kier alpha value is -1.06. The molecule has 0 aromatic heterocycles. The molecule has 0 atom stereocenters. The fraction of sp³-hybridized carbons (Fsp3) is 0.400. The molecule has 100 valence electrons. The van der Waals surface area contributed by atoms with Crippen LogP contribution in [0.1, 0.15) is 33.6 Å². The Bertz CT molecular complexity index is 399. The number of aliphatic hydroxyl groups is 1. The first-order valence-corrected chi connectivity index (χ1v) is 6.45. The molecule has 3 heteroatoms. The first kappa shape index (κ1) is 16.9. The van der Waals surface area contributed by atoms with E-state index in [0.717, 1.165) is 16.7 Å². The minimum absolute atomic E-state index is 0.0937. The third-order valence-electron chi connectivity index (χ3n) is 2.57. The third-order valence-corrected chi connectivity index (χ3v) is 2.72. The van der Waals surface area contributed by atoms with Gasteiger partial charge in [0.25, 0.3) is 0 Å². The van der Waals surface area contributed by atoms with E-state index >= 15 is 0 Å². The van der Waals surface area contributed by atoms with Crippen LogP contribution >= 0.6 is 12.6 Å². The molecule has 0 aliphatic heterocycles. The van der Waals surface area contributed by atoms with Gasteiger partial charge in [0, 0.05) is 18.7 Å². The monoisotopic (exact) mass is 265 g/mol. The van der Waals surface area contributed by atoms with E-state index in [1.807, 2.05) is 32.9 Å². The fourth-order valence-corrected chi connectivity index (χ4v) is 1.56. The topological polar surface area (TPSA) is 44.1 Å². The van der Waals surface area contributed by atoms with Crippen molar-refractivity contribution in [1.29, 1.82) is 5.41 Å². The Morgan fingerprint density at radius 3 is 2.39 bits per heavy atom. The second-order valence-electron chi connectivity index (χ2n) is 4.48. The zero-order valence-corrected chi connectivity index (χ0v) is 12.3. The van der Waals surface area contributed by atoms with Crippen LogP contribution in [0.5, 0.6) is 0 Å². The Balaban J connectivity index is 4.82. The van der Waals surface area contributed by atoms with Gasteiger partial charge in [0.2, 0.25) is 0 Å². The molecule has 0 amide bonds. The number of nitrogens with one attached hydrogen (secondary N) is 1. The summed E-state index contributed by atoms with van der Waals surface area (Å²) >= 11 is 4.07. The SMILES string of the molecule is C=C(CCO)CC(=N)/C(C)=C/C(/C=C\S)=C(C)C. The van der Waals surface area contributed by atoms with E-state index in [0.29, 0.717) is 18.6 Å². The molecule has 0 rings (SSSR count). The molecule has 2 N–H and O–H groups in total. The van der Waals surface area contributed by atoms with Gasteiger partial charge in [0.05, 0.1) is 0 Å². The van der Waals surface area contributed by atoms with Crippen molar-refractivity contribution in [1.82, 2.24) is 0 Å². The van der Waals surface area contributed by atoms with Crippen LogP contribution in [0.2, 0.25) is 0 Å². The molecule has 18 heavy (non-hydrogen) atoms. The predicted molar refractivity (Wildman–Crippen MR) is 83.4 cm³/mol. The maximum absolute atomic E-state index is 8.81. The number of aliphatic hydroxyl groups excluding tert-OH is 1. The highest BCUT2D eigenvalue weighted by Gasteiger charge is 2.03. The summed E-state index contributed by atoms with van der Waals surface area (Å²) in [5, 5.41) is 18.5. The molecule has 0 bridgehead atoms. The minimum atomic E-state index is 0.0937. The smallest absolute Gasteiger partial charge is 0.0468 e. The summed E-state index contributed by atoms with van der Waals surface area (Å²) in [6.45, 7) is 9.92. The number of rotatable bonds is 7. The van der Waals surface area contributed by atoms with Crippen molar-refractivity contribution in [2.24, 2.45) is 0 Å². The standard InChI is InChI=1S/C15H23NOS/c1-11(2)14(6-8-18)10-13(4)15(16)9-12(3)5-7-17/h6,8,10,16-18H,3,5,7,9H2,1-2,4H3/b8-6-,13-10+,16-15?.